The van der Waals surface area contributed by atoms with Crippen molar-refractivity contribution in [3.05, 3.63) is 94.0 Å². The van der Waals surface area contributed by atoms with Gasteiger partial charge in [-0.15, -0.1) is 0 Å². The zero-order valence-corrected chi connectivity index (χ0v) is 20.4. The third kappa shape index (κ3) is 5.39. The molecule has 0 fully saturated rings. The van der Waals surface area contributed by atoms with Crippen molar-refractivity contribution < 1.29 is 14.7 Å². The predicted molar refractivity (Wildman–Crippen MR) is 141 cm³/mol. The molecule has 0 aromatic heterocycles. The number of hydrogen-bond donors (Lipinski definition) is 4. The van der Waals surface area contributed by atoms with Crippen LogP contribution in [0, 0.1) is 0 Å². The highest BCUT2D eigenvalue weighted by molar-refractivity contribution is 6.38. The Morgan fingerprint density at radius 2 is 1.86 bits per heavy atom. The Morgan fingerprint density at radius 3 is 2.54 bits per heavy atom. The molecule has 0 radical (unpaired) electrons. The van der Waals surface area contributed by atoms with Crippen LogP contribution >= 0.6 is 11.6 Å². The summed E-state index contributed by atoms with van der Waals surface area (Å²) in [4.78, 5) is 24.2. The SMILES string of the molecule is CCC(C)(N)c1ccc(N/C(=C2\C(=O)Nc3cc(Cl)ccc32)c2cccc(CCC(=O)O)c2)cc1. The van der Waals surface area contributed by atoms with Crippen molar-refractivity contribution >= 4 is 46.1 Å². The predicted octanol–water partition coefficient (Wildman–Crippen LogP) is 5.87. The normalized spacial score (nSPS) is 15.7. The van der Waals surface area contributed by atoms with E-state index in [9.17, 15) is 9.59 Å². The van der Waals surface area contributed by atoms with Gasteiger partial charge in [0.15, 0.2) is 0 Å². The first kappa shape index (κ1) is 24.5. The van der Waals surface area contributed by atoms with Gasteiger partial charge in [-0.2, -0.15) is 0 Å². The number of amides is 1. The number of nitrogens with two attached hydrogens (primary N) is 1. The zero-order chi connectivity index (χ0) is 25.2. The van der Waals surface area contributed by atoms with Crippen LogP contribution in [0.5, 0.6) is 0 Å². The third-order valence-corrected chi connectivity index (χ3v) is 6.60. The van der Waals surface area contributed by atoms with E-state index < -0.39 is 11.5 Å². The van der Waals surface area contributed by atoms with Crippen LogP contribution in [0.2, 0.25) is 5.02 Å². The average molecular weight is 490 g/mol. The molecule has 0 aliphatic carbocycles. The van der Waals surface area contributed by atoms with Crippen LogP contribution in [0.25, 0.3) is 11.3 Å². The van der Waals surface area contributed by atoms with Gasteiger partial charge in [0.1, 0.15) is 0 Å². The molecule has 4 rings (SSSR count). The number of nitrogens with one attached hydrogen (secondary N) is 2. The number of aryl methyl sites for hydroxylation is 1. The number of aliphatic carboxylic acids is 1. The average Bonchev–Trinajstić information content (AvgIpc) is 3.16. The molecule has 1 aliphatic rings. The van der Waals surface area contributed by atoms with E-state index in [-0.39, 0.29) is 12.3 Å². The Labute approximate surface area is 209 Å². The minimum absolute atomic E-state index is 0.0291. The Morgan fingerprint density at radius 1 is 1.11 bits per heavy atom. The highest BCUT2D eigenvalue weighted by Crippen LogP contribution is 2.39. The molecular weight excluding hydrogens is 462 g/mol. The van der Waals surface area contributed by atoms with Gasteiger partial charge in [0.25, 0.3) is 5.91 Å². The lowest BCUT2D eigenvalue weighted by atomic mass is 9.90. The van der Waals surface area contributed by atoms with Gasteiger partial charge in [-0.3, -0.25) is 9.59 Å². The molecule has 3 aromatic carbocycles. The Bertz CT molecular complexity index is 1310. The van der Waals surface area contributed by atoms with Gasteiger partial charge in [0.05, 0.1) is 17.0 Å². The van der Waals surface area contributed by atoms with Gasteiger partial charge in [-0.05, 0) is 66.8 Å². The molecule has 1 heterocycles. The van der Waals surface area contributed by atoms with Crippen molar-refractivity contribution in [2.45, 2.75) is 38.6 Å². The second kappa shape index (κ2) is 9.94. The fraction of sp³-hybridized carbons (Fsp3) is 0.214. The smallest absolute Gasteiger partial charge is 0.303 e. The fourth-order valence-corrected chi connectivity index (χ4v) is 4.26. The summed E-state index contributed by atoms with van der Waals surface area (Å²) in [5, 5.41) is 16.0. The molecule has 1 amide bonds. The molecule has 35 heavy (non-hydrogen) atoms. The van der Waals surface area contributed by atoms with Gasteiger partial charge in [-0.1, -0.05) is 54.9 Å². The summed E-state index contributed by atoms with van der Waals surface area (Å²) in [6.45, 7) is 4.05. The van der Waals surface area contributed by atoms with E-state index in [4.69, 9.17) is 22.4 Å². The monoisotopic (exact) mass is 489 g/mol. The number of anilines is 2. The first-order valence-corrected chi connectivity index (χ1v) is 11.9. The van der Waals surface area contributed by atoms with E-state index in [1.807, 2.05) is 61.5 Å². The van der Waals surface area contributed by atoms with Crippen LogP contribution in [0.4, 0.5) is 11.4 Å². The van der Waals surface area contributed by atoms with Gasteiger partial charge < -0.3 is 21.5 Å². The maximum absolute atomic E-state index is 13.1. The highest BCUT2D eigenvalue weighted by atomic mass is 35.5. The summed E-state index contributed by atoms with van der Waals surface area (Å²) >= 11 is 6.15. The first-order chi connectivity index (χ1) is 16.7. The fourth-order valence-electron chi connectivity index (χ4n) is 4.09. The molecule has 3 aromatic rings. The van der Waals surface area contributed by atoms with E-state index in [0.29, 0.717) is 28.4 Å². The number of carboxylic acids is 1. The van der Waals surface area contributed by atoms with Crippen molar-refractivity contribution in [1.29, 1.82) is 0 Å². The molecule has 180 valence electrons. The second-order valence-corrected chi connectivity index (χ2v) is 9.40. The number of carbonyl (C=O) groups is 2. The van der Waals surface area contributed by atoms with Crippen molar-refractivity contribution in [3.8, 4) is 0 Å². The molecule has 0 saturated carbocycles. The number of hydrogen-bond acceptors (Lipinski definition) is 4. The second-order valence-electron chi connectivity index (χ2n) is 8.96. The molecule has 6 nitrogen and oxygen atoms in total. The topological polar surface area (TPSA) is 104 Å². The molecule has 0 spiro atoms. The molecule has 7 heteroatoms. The van der Waals surface area contributed by atoms with E-state index in [1.165, 1.54) is 0 Å². The molecule has 1 atom stereocenters. The van der Waals surface area contributed by atoms with Crippen LogP contribution in [-0.4, -0.2) is 17.0 Å². The maximum atomic E-state index is 13.1. The van der Waals surface area contributed by atoms with Crippen molar-refractivity contribution in [2.75, 3.05) is 10.6 Å². The molecule has 0 saturated heterocycles. The standard InChI is InChI=1S/C28H28ClN3O3/c1-3-28(2,30)19-8-11-21(12-9-19)31-26(18-6-4-5-17(15-18)7-14-24(33)34)25-22-13-10-20(29)16-23(22)32-27(25)35/h4-6,8-13,15-16,31H,3,7,14,30H2,1-2H3,(H,32,35)(H,33,34)/b26-25-. The minimum Gasteiger partial charge on any atom is -0.481 e. The highest BCUT2D eigenvalue weighted by Gasteiger charge is 2.29. The number of benzene rings is 3. The van der Waals surface area contributed by atoms with Gasteiger partial charge in [0, 0.05) is 28.2 Å². The van der Waals surface area contributed by atoms with E-state index in [2.05, 4.69) is 17.6 Å². The lowest BCUT2D eigenvalue weighted by molar-refractivity contribution is -0.137. The number of rotatable bonds is 8. The molecule has 5 N–H and O–H groups in total. The lowest BCUT2D eigenvalue weighted by Crippen LogP contribution is -2.31. The van der Waals surface area contributed by atoms with Gasteiger partial charge in [0.2, 0.25) is 0 Å². The summed E-state index contributed by atoms with van der Waals surface area (Å²) < 4.78 is 0. The molecule has 1 aliphatic heterocycles. The summed E-state index contributed by atoms with van der Waals surface area (Å²) in [5.74, 6) is -1.09. The van der Waals surface area contributed by atoms with Crippen molar-refractivity contribution in [1.82, 2.24) is 0 Å². The number of carbonyl (C=O) groups excluding carboxylic acids is 1. The zero-order valence-electron chi connectivity index (χ0n) is 19.7. The maximum Gasteiger partial charge on any atom is 0.303 e. The minimum atomic E-state index is -0.854. The Kier molecular flexibility index (Phi) is 6.96. The van der Waals surface area contributed by atoms with E-state index in [0.717, 1.165) is 34.4 Å². The molecule has 1 unspecified atom stereocenters. The van der Waals surface area contributed by atoms with Crippen molar-refractivity contribution in [2.24, 2.45) is 5.73 Å². The molecule has 0 bridgehead atoms. The van der Waals surface area contributed by atoms with Crippen LogP contribution in [0.3, 0.4) is 0 Å². The quantitative estimate of drug-likeness (QED) is 0.296. The van der Waals surface area contributed by atoms with Crippen molar-refractivity contribution in [3.63, 3.8) is 0 Å². The summed E-state index contributed by atoms with van der Waals surface area (Å²) in [6.07, 6.45) is 1.23. The Hall–Kier alpha value is -3.61. The van der Waals surface area contributed by atoms with Crippen LogP contribution in [-0.2, 0) is 21.5 Å². The largest absolute Gasteiger partial charge is 0.481 e. The van der Waals surface area contributed by atoms with Gasteiger partial charge >= 0.3 is 5.97 Å². The number of carboxylic acid groups (broad SMARTS) is 1. The lowest BCUT2D eigenvalue weighted by Gasteiger charge is -2.24. The summed E-state index contributed by atoms with van der Waals surface area (Å²) in [5.41, 5.74) is 12.0. The number of halogens is 1. The van der Waals surface area contributed by atoms with Crippen LogP contribution < -0.4 is 16.4 Å². The van der Waals surface area contributed by atoms with E-state index >= 15 is 0 Å². The third-order valence-electron chi connectivity index (χ3n) is 6.37. The Balaban J connectivity index is 1.80. The van der Waals surface area contributed by atoms with Crippen LogP contribution in [0.1, 0.15) is 48.9 Å². The van der Waals surface area contributed by atoms with E-state index in [1.54, 1.807) is 12.1 Å². The number of fused-ring (bicyclic) bond motifs is 1. The van der Waals surface area contributed by atoms with Gasteiger partial charge in [-0.25, -0.2) is 0 Å². The molecular formula is C28H28ClN3O3. The summed E-state index contributed by atoms with van der Waals surface area (Å²) in [7, 11) is 0. The summed E-state index contributed by atoms with van der Waals surface area (Å²) in [6, 6.07) is 20.7. The van der Waals surface area contributed by atoms with Crippen LogP contribution in [0.15, 0.2) is 66.7 Å². The first-order valence-electron chi connectivity index (χ1n) is 11.5.